The monoisotopic (exact) mass is 411 g/mol. The average Bonchev–Trinajstić information content (AvgIpc) is 3.10. The van der Waals surface area contributed by atoms with Gasteiger partial charge in [-0.05, 0) is 40.4 Å². The quantitative estimate of drug-likeness (QED) is 0.648. The van der Waals surface area contributed by atoms with Gasteiger partial charge in [-0.3, -0.25) is 4.79 Å². The Morgan fingerprint density at radius 2 is 1.68 bits per heavy atom. The maximum absolute atomic E-state index is 12.9. The number of hydrogen-bond donors (Lipinski definition) is 0. The molecule has 1 aromatic heterocycles. The number of benzene rings is 2. The lowest BCUT2D eigenvalue weighted by Gasteiger charge is -2.16. The van der Waals surface area contributed by atoms with E-state index >= 15 is 0 Å². The van der Waals surface area contributed by atoms with Crippen molar-refractivity contribution in [3.05, 3.63) is 76.7 Å². The number of carbonyl (C=O) groups is 1. The Hall–Kier alpha value is -3.11. The molecule has 2 aromatic carbocycles. The first kappa shape index (κ1) is 18.3. The lowest BCUT2D eigenvalue weighted by Crippen LogP contribution is -2.17. The second kappa shape index (κ2) is 7.13. The van der Waals surface area contributed by atoms with Gasteiger partial charge in [0.15, 0.2) is 0 Å². The van der Waals surface area contributed by atoms with Crippen LogP contribution in [0, 0.1) is 0 Å². The molecule has 0 radical (unpaired) electrons. The number of allylic oxidation sites excluding steroid dienone is 2. The third kappa shape index (κ3) is 3.39. The molecule has 1 aliphatic rings. The number of aryl methyl sites for hydroxylation is 1. The molecule has 0 bridgehead atoms. The highest BCUT2D eigenvalue weighted by Gasteiger charge is 2.27. The van der Waals surface area contributed by atoms with E-state index in [2.05, 4.69) is 19.9 Å². The van der Waals surface area contributed by atoms with Crippen LogP contribution in [0.2, 0.25) is 0 Å². The number of aromatic nitrogens is 4. The number of sulfonamides is 1. The van der Waals surface area contributed by atoms with Gasteiger partial charge < -0.3 is 0 Å². The molecule has 28 heavy (non-hydrogen) atoms. The first-order chi connectivity index (χ1) is 13.5. The summed E-state index contributed by atoms with van der Waals surface area (Å²) in [5.41, 5.74) is 1.04. The number of thioether (sulfide) groups is 1. The van der Waals surface area contributed by atoms with Crippen molar-refractivity contribution in [3.63, 3.8) is 0 Å². The fourth-order valence-electron chi connectivity index (χ4n) is 2.64. The molecule has 0 aliphatic heterocycles. The van der Waals surface area contributed by atoms with Gasteiger partial charge in [-0.15, -0.1) is 5.10 Å². The highest BCUT2D eigenvalue weighted by molar-refractivity contribution is 8.04. The molecule has 8 nitrogen and oxygen atoms in total. The van der Waals surface area contributed by atoms with Crippen LogP contribution in [-0.4, -0.2) is 40.1 Å². The molecule has 0 atom stereocenters. The van der Waals surface area contributed by atoms with Gasteiger partial charge in [-0.25, -0.2) is 4.68 Å². The molecule has 0 saturated heterocycles. The molecule has 0 unspecified atom stereocenters. The number of fused-ring (bicyclic) bond motifs is 1. The van der Waals surface area contributed by atoms with Gasteiger partial charge in [-0.2, -0.15) is 12.8 Å². The summed E-state index contributed by atoms with van der Waals surface area (Å²) in [6, 6.07) is 14.7. The van der Waals surface area contributed by atoms with E-state index in [0.29, 0.717) is 21.2 Å². The summed E-state index contributed by atoms with van der Waals surface area (Å²) < 4.78 is 30.9. The summed E-state index contributed by atoms with van der Waals surface area (Å²) in [6.07, 6.45) is 1.46. The Morgan fingerprint density at radius 1 is 1.00 bits per heavy atom. The highest BCUT2D eigenvalue weighted by Crippen LogP contribution is 2.32. The van der Waals surface area contributed by atoms with Gasteiger partial charge in [-0.1, -0.05) is 42.5 Å². The van der Waals surface area contributed by atoms with Crippen molar-refractivity contribution in [3.8, 4) is 0 Å². The number of ketones is 1. The maximum Gasteiger partial charge on any atom is 0.282 e. The normalized spacial score (nSPS) is 15.4. The first-order valence-corrected chi connectivity index (χ1v) is 10.4. The van der Waals surface area contributed by atoms with Gasteiger partial charge >= 0.3 is 0 Å². The minimum atomic E-state index is -3.94. The van der Waals surface area contributed by atoms with Crippen LogP contribution < -0.4 is 0 Å². The van der Waals surface area contributed by atoms with E-state index < -0.39 is 10.0 Å². The summed E-state index contributed by atoms with van der Waals surface area (Å²) in [4.78, 5) is 13.2. The third-order valence-electron chi connectivity index (χ3n) is 3.98. The van der Waals surface area contributed by atoms with Crippen LogP contribution >= 0.6 is 11.8 Å². The fourth-order valence-corrected chi connectivity index (χ4v) is 4.47. The Balaban J connectivity index is 1.84. The van der Waals surface area contributed by atoms with Crippen molar-refractivity contribution < 1.29 is 13.2 Å². The molecule has 1 aliphatic carbocycles. The lowest BCUT2D eigenvalue weighted by molar-refractivity contribution is 0.104. The van der Waals surface area contributed by atoms with Crippen LogP contribution in [-0.2, 0) is 17.1 Å². The predicted octanol–water partition coefficient (Wildman–Crippen LogP) is 2.26. The zero-order valence-electron chi connectivity index (χ0n) is 14.6. The molecular formula is C18H13N5O3S2. The van der Waals surface area contributed by atoms with Crippen molar-refractivity contribution in [2.24, 2.45) is 11.4 Å². The fraction of sp³-hybridized carbons (Fsp3) is 0.0556. The van der Waals surface area contributed by atoms with Crippen molar-refractivity contribution >= 4 is 33.3 Å². The van der Waals surface area contributed by atoms with Crippen LogP contribution in [0.15, 0.2) is 80.0 Å². The van der Waals surface area contributed by atoms with Crippen LogP contribution in [0.1, 0.15) is 15.9 Å². The van der Waals surface area contributed by atoms with E-state index in [1.807, 2.05) is 0 Å². The standard InChI is InChI=1S/C18H13N5O3S2/c1-23-18(19-21-22-23)27-16-11-15(13-9-5-6-10-14(13)17(16)24)20-28(25,26)12-7-3-2-4-8-12/h2-11H,1H3/b20-15-. The van der Waals surface area contributed by atoms with Gasteiger partial charge in [0.05, 0.1) is 15.5 Å². The number of nitrogens with zero attached hydrogens (tertiary/aromatic N) is 5. The number of hydrogen-bond acceptors (Lipinski definition) is 7. The topological polar surface area (TPSA) is 107 Å². The van der Waals surface area contributed by atoms with Crippen molar-refractivity contribution in [2.75, 3.05) is 0 Å². The van der Waals surface area contributed by atoms with Crippen molar-refractivity contribution in [2.45, 2.75) is 10.1 Å². The minimum Gasteiger partial charge on any atom is -0.288 e. The lowest BCUT2D eigenvalue weighted by atomic mass is 9.94. The Morgan fingerprint density at radius 3 is 2.36 bits per heavy atom. The minimum absolute atomic E-state index is 0.0805. The molecule has 0 saturated carbocycles. The molecule has 0 spiro atoms. The SMILES string of the molecule is Cn1nnnc1SC1=C/C(=N/S(=O)(=O)c2ccccc2)c2ccccc2C1=O. The van der Waals surface area contributed by atoms with Gasteiger partial charge in [0.25, 0.3) is 10.0 Å². The highest BCUT2D eigenvalue weighted by atomic mass is 32.2. The van der Waals surface area contributed by atoms with Gasteiger partial charge in [0.1, 0.15) is 0 Å². The summed E-state index contributed by atoms with van der Waals surface area (Å²) in [5.74, 6) is -0.236. The zero-order valence-corrected chi connectivity index (χ0v) is 16.2. The van der Waals surface area contributed by atoms with E-state index in [-0.39, 0.29) is 16.4 Å². The predicted molar refractivity (Wildman–Crippen MR) is 104 cm³/mol. The van der Waals surface area contributed by atoms with Crippen molar-refractivity contribution in [1.82, 2.24) is 20.2 Å². The van der Waals surface area contributed by atoms with E-state index in [0.717, 1.165) is 11.8 Å². The summed E-state index contributed by atoms with van der Waals surface area (Å²) >= 11 is 1.06. The van der Waals surface area contributed by atoms with Crippen LogP contribution in [0.25, 0.3) is 0 Å². The number of Topliss-reactive ketones (excluding diaryl/α,β-unsaturated/α-hetero) is 1. The molecular weight excluding hydrogens is 398 g/mol. The van der Waals surface area contributed by atoms with Gasteiger partial charge in [0.2, 0.25) is 10.9 Å². The molecule has 4 rings (SSSR count). The van der Waals surface area contributed by atoms with Crippen LogP contribution in [0.5, 0.6) is 0 Å². The molecule has 10 heteroatoms. The third-order valence-corrected chi connectivity index (χ3v) is 6.34. The van der Waals surface area contributed by atoms with Crippen LogP contribution in [0.3, 0.4) is 0 Å². The average molecular weight is 411 g/mol. The largest absolute Gasteiger partial charge is 0.288 e. The van der Waals surface area contributed by atoms with E-state index in [4.69, 9.17) is 0 Å². The Labute approximate surface area is 165 Å². The van der Waals surface area contributed by atoms with Gasteiger partial charge in [0, 0.05) is 18.2 Å². The van der Waals surface area contributed by atoms with Crippen molar-refractivity contribution in [1.29, 1.82) is 0 Å². The molecule has 0 amide bonds. The van der Waals surface area contributed by atoms with E-state index in [1.165, 1.54) is 22.9 Å². The molecule has 1 heterocycles. The number of carbonyl (C=O) groups excluding carboxylic acids is 1. The zero-order chi connectivity index (χ0) is 19.7. The second-order valence-corrected chi connectivity index (χ2v) is 8.45. The summed E-state index contributed by atoms with van der Waals surface area (Å²) in [6.45, 7) is 0. The molecule has 140 valence electrons. The van der Waals surface area contributed by atoms with Crippen LogP contribution in [0.4, 0.5) is 0 Å². The Bertz CT molecular complexity index is 1230. The summed E-state index contributed by atoms with van der Waals surface area (Å²) in [5, 5.41) is 11.6. The van der Waals surface area contributed by atoms with E-state index in [9.17, 15) is 13.2 Å². The smallest absolute Gasteiger partial charge is 0.282 e. The first-order valence-electron chi connectivity index (χ1n) is 8.12. The summed E-state index contributed by atoms with van der Waals surface area (Å²) in [7, 11) is -2.28. The van der Waals surface area contributed by atoms with E-state index in [1.54, 1.807) is 49.5 Å². The second-order valence-electron chi connectivity index (χ2n) is 5.84. The maximum atomic E-state index is 12.9. The molecule has 3 aromatic rings. The molecule has 0 N–H and O–H groups in total. The number of rotatable bonds is 4. The molecule has 0 fully saturated rings. The number of tetrazole rings is 1. The Kier molecular flexibility index (Phi) is 4.65.